The van der Waals surface area contributed by atoms with E-state index in [4.69, 9.17) is 36.3 Å². The van der Waals surface area contributed by atoms with Gasteiger partial charge in [-0.1, -0.05) is 37.6 Å². The summed E-state index contributed by atoms with van der Waals surface area (Å²) in [5, 5.41) is 3.43. The van der Waals surface area contributed by atoms with E-state index in [-0.39, 0.29) is 30.8 Å². The number of halogens is 2. The Bertz CT molecular complexity index is 1040. The highest BCUT2D eigenvalue weighted by Gasteiger charge is 2.34. The van der Waals surface area contributed by atoms with Gasteiger partial charge < -0.3 is 30.0 Å². The van der Waals surface area contributed by atoms with Crippen LogP contribution in [0.1, 0.15) is 50.5 Å². The van der Waals surface area contributed by atoms with Crippen molar-refractivity contribution in [1.29, 1.82) is 0 Å². The number of rotatable bonds is 12. The zero-order chi connectivity index (χ0) is 27.6. The molecule has 2 unspecified atom stereocenters. The van der Waals surface area contributed by atoms with Crippen molar-refractivity contribution in [2.24, 2.45) is 11.7 Å². The van der Waals surface area contributed by atoms with Crippen molar-refractivity contribution >= 4 is 42.0 Å². The van der Waals surface area contributed by atoms with E-state index in [1.54, 1.807) is 50.2 Å². The molecule has 0 aliphatic carbocycles. The fourth-order valence-electron chi connectivity index (χ4n) is 3.14. The van der Waals surface area contributed by atoms with E-state index >= 15 is 0 Å². The number of ether oxygens (including phenoxy) is 4. The number of benzene rings is 2. The molecule has 0 bridgehead atoms. The zero-order valence-electron chi connectivity index (χ0n) is 22.2. The average Bonchev–Trinajstić information content (AvgIpc) is 2.83. The summed E-state index contributed by atoms with van der Waals surface area (Å²) in [5.41, 5.74) is 5.74. The van der Waals surface area contributed by atoms with Gasteiger partial charge in [0.25, 0.3) is 5.91 Å². The summed E-state index contributed by atoms with van der Waals surface area (Å²) in [6.45, 7) is 8.82. The number of esters is 1. The number of nitrogens with one attached hydrogen (secondary N) is 1. The molecule has 0 saturated carbocycles. The molecule has 0 spiro atoms. The summed E-state index contributed by atoms with van der Waals surface area (Å²) in [6.07, 6.45) is -2.04. The second-order valence-corrected chi connectivity index (χ2v) is 9.68. The Morgan fingerprint density at radius 2 is 1.55 bits per heavy atom. The first-order chi connectivity index (χ1) is 17.4. The number of carbonyl (C=O) groups is 3. The van der Waals surface area contributed by atoms with Crippen LogP contribution >= 0.6 is 24.0 Å². The summed E-state index contributed by atoms with van der Waals surface area (Å²) in [5.74, 6) is -0.433. The van der Waals surface area contributed by atoms with E-state index in [1.165, 1.54) is 6.92 Å². The molecule has 2 rings (SSSR count). The Morgan fingerprint density at radius 3 is 2.11 bits per heavy atom. The number of carbonyl (C=O) groups excluding carboxylic acids is 3. The predicted octanol–water partition coefficient (Wildman–Crippen LogP) is 4.92. The molecule has 0 aromatic heterocycles. The van der Waals surface area contributed by atoms with Crippen molar-refractivity contribution in [2.75, 3.05) is 13.1 Å². The van der Waals surface area contributed by atoms with Gasteiger partial charge in [0.1, 0.15) is 11.9 Å². The van der Waals surface area contributed by atoms with Gasteiger partial charge in [-0.15, -0.1) is 12.4 Å². The van der Waals surface area contributed by atoms with Gasteiger partial charge in [0, 0.05) is 30.6 Å². The molecular formula is C27H36Cl2N2O7. The molecule has 0 saturated heterocycles. The maximum absolute atomic E-state index is 12.6. The van der Waals surface area contributed by atoms with Crippen LogP contribution in [0.25, 0.3) is 0 Å². The van der Waals surface area contributed by atoms with Gasteiger partial charge in [-0.25, -0.2) is 9.59 Å². The smallest absolute Gasteiger partial charge is 0.476 e. The molecule has 2 atom stereocenters. The van der Waals surface area contributed by atoms with Crippen molar-refractivity contribution in [1.82, 2.24) is 5.32 Å². The molecule has 0 radical (unpaired) electrons. The number of amides is 1. The molecule has 0 aliphatic rings. The Kier molecular flexibility index (Phi) is 13.4. The lowest BCUT2D eigenvalue weighted by Crippen LogP contribution is -2.42. The summed E-state index contributed by atoms with van der Waals surface area (Å²) in [4.78, 5) is 36.7. The van der Waals surface area contributed by atoms with Crippen LogP contribution in [-0.2, 0) is 25.4 Å². The van der Waals surface area contributed by atoms with Crippen molar-refractivity contribution in [3.8, 4) is 5.75 Å². The van der Waals surface area contributed by atoms with Crippen molar-refractivity contribution in [3.63, 3.8) is 0 Å². The largest absolute Gasteiger partial charge is 0.511 e. The van der Waals surface area contributed by atoms with Crippen molar-refractivity contribution in [3.05, 3.63) is 64.7 Å². The van der Waals surface area contributed by atoms with Gasteiger partial charge in [0.2, 0.25) is 6.29 Å². The minimum atomic E-state index is -1.35. The van der Waals surface area contributed by atoms with E-state index in [0.29, 0.717) is 29.3 Å². The summed E-state index contributed by atoms with van der Waals surface area (Å²) in [6, 6.07) is 13.8. The Hall–Kier alpha value is -3.01. The second kappa shape index (κ2) is 15.4. The highest BCUT2D eigenvalue weighted by Crippen LogP contribution is 2.21. The molecule has 11 heteroatoms. The lowest BCUT2D eigenvalue weighted by Gasteiger charge is -2.26. The molecule has 0 fully saturated rings. The van der Waals surface area contributed by atoms with Crippen LogP contribution < -0.4 is 15.8 Å². The minimum absolute atomic E-state index is 0. The van der Waals surface area contributed by atoms with E-state index in [2.05, 4.69) is 5.32 Å². The molecule has 3 N–H and O–H groups in total. The Labute approximate surface area is 234 Å². The molecular weight excluding hydrogens is 535 g/mol. The van der Waals surface area contributed by atoms with Gasteiger partial charge >= 0.3 is 12.1 Å². The topological polar surface area (TPSA) is 126 Å². The maximum atomic E-state index is 12.6. The van der Waals surface area contributed by atoms with Gasteiger partial charge in [0.15, 0.2) is 5.60 Å². The SMILES string of the molecule is CC(OC(=O)OC(CN)C(C)C)OC(=O)C(C)(C)Oc1ccc(CCNC(=O)c2ccc(Cl)cc2)cc1.Cl. The van der Waals surface area contributed by atoms with E-state index < -0.39 is 30.1 Å². The monoisotopic (exact) mass is 570 g/mol. The van der Waals surface area contributed by atoms with Gasteiger partial charge in [-0.3, -0.25) is 4.79 Å². The average molecular weight is 571 g/mol. The molecule has 38 heavy (non-hydrogen) atoms. The first kappa shape index (κ1) is 33.0. The predicted molar refractivity (Wildman–Crippen MR) is 147 cm³/mol. The van der Waals surface area contributed by atoms with Crippen LogP contribution in [0.5, 0.6) is 5.75 Å². The first-order valence-corrected chi connectivity index (χ1v) is 12.4. The third kappa shape index (κ3) is 10.8. The minimum Gasteiger partial charge on any atom is -0.476 e. The molecule has 0 aliphatic heterocycles. The number of hydrogen-bond donors (Lipinski definition) is 2. The molecule has 1 amide bonds. The van der Waals surface area contributed by atoms with Crippen LogP contribution in [-0.4, -0.2) is 49.1 Å². The van der Waals surface area contributed by atoms with Crippen LogP contribution in [0.3, 0.4) is 0 Å². The third-order valence-corrected chi connectivity index (χ3v) is 5.60. The maximum Gasteiger partial charge on any atom is 0.511 e. The summed E-state index contributed by atoms with van der Waals surface area (Å²) < 4.78 is 21.2. The summed E-state index contributed by atoms with van der Waals surface area (Å²) >= 11 is 5.85. The highest BCUT2D eigenvalue weighted by atomic mass is 35.5. The van der Waals surface area contributed by atoms with Crippen LogP contribution in [0.2, 0.25) is 5.02 Å². The lowest BCUT2D eigenvalue weighted by atomic mass is 10.1. The van der Waals surface area contributed by atoms with E-state index in [9.17, 15) is 14.4 Å². The highest BCUT2D eigenvalue weighted by molar-refractivity contribution is 6.30. The van der Waals surface area contributed by atoms with Crippen LogP contribution in [0.4, 0.5) is 4.79 Å². The Morgan fingerprint density at radius 1 is 0.947 bits per heavy atom. The normalized spacial score (nSPS) is 12.5. The fourth-order valence-corrected chi connectivity index (χ4v) is 3.27. The molecule has 2 aromatic rings. The first-order valence-electron chi connectivity index (χ1n) is 12.0. The van der Waals surface area contributed by atoms with Gasteiger partial charge in [-0.05, 0) is 68.1 Å². The van der Waals surface area contributed by atoms with Gasteiger partial charge in [-0.2, -0.15) is 0 Å². The quantitative estimate of drug-likeness (QED) is 0.272. The van der Waals surface area contributed by atoms with Crippen molar-refractivity contribution < 1.29 is 33.3 Å². The lowest BCUT2D eigenvalue weighted by molar-refractivity contribution is -0.184. The van der Waals surface area contributed by atoms with Crippen LogP contribution in [0.15, 0.2) is 48.5 Å². The third-order valence-electron chi connectivity index (χ3n) is 5.35. The standard InChI is InChI=1S/C27H35ClN2O7.ClH/c1-17(2)23(16-29)36-26(33)35-18(3)34-25(32)27(4,5)37-22-12-6-19(7-13-22)14-15-30-24(31)20-8-10-21(28)11-9-20;/h6-13,17-18,23H,14-16,29H2,1-5H3,(H,30,31);1H. The molecule has 0 heterocycles. The summed E-state index contributed by atoms with van der Waals surface area (Å²) in [7, 11) is 0. The zero-order valence-corrected chi connectivity index (χ0v) is 23.8. The van der Waals surface area contributed by atoms with Gasteiger partial charge in [0.05, 0.1) is 0 Å². The molecule has 2 aromatic carbocycles. The second-order valence-electron chi connectivity index (χ2n) is 9.25. The Balaban J connectivity index is 0.00000722. The molecule has 9 nitrogen and oxygen atoms in total. The van der Waals surface area contributed by atoms with E-state index in [1.807, 2.05) is 26.0 Å². The fraction of sp³-hybridized carbons (Fsp3) is 0.444. The van der Waals surface area contributed by atoms with Crippen LogP contribution in [0, 0.1) is 5.92 Å². The molecule has 210 valence electrons. The number of hydrogen-bond acceptors (Lipinski definition) is 8. The number of nitrogens with two attached hydrogens (primary N) is 1. The van der Waals surface area contributed by atoms with Crippen molar-refractivity contribution in [2.45, 2.75) is 59.0 Å². The van der Waals surface area contributed by atoms with E-state index in [0.717, 1.165) is 5.56 Å².